The first-order chi connectivity index (χ1) is 9.09. The molecule has 3 N–H and O–H groups in total. The Morgan fingerprint density at radius 1 is 1.47 bits per heavy atom. The van der Waals surface area contributed by atoms with E-state index < -0.39 is 5.97 Å². The van der Waals surface area contributed by atoms with E-state index in [1.54, 1.807) is 0 Å². The van der Waals surface area contributed by atoms with Gasteiger partial charge in [0.05, 0.1) is 5.75 Å². The molecule has 0 amide bonds. The smallest absolute Gasteiger partial charge is 0.313 e. The third-order valence-electron chi connectivity index (χ3n) is 3.75. The predicted molar refractivity (Wildman–Crippen MR) is 74.1 cm³/mol. The van der Waals surface area contributed by atoms with Gasteiger partial charge in [0.25, 0.3) is 0 Å². The van der Waals surface area contributed by atoms with Gasteiger partial charge in [-0.05, 0) is 25.7 Å². The molecule has 6 nitrogen and oxygen atoms in total. The first-order valence-electron chi connectivity index (χ1n) is 6.64. The number of nitrogen functional groups attached to an aromatic ring is 1. The van der Waals surface area contributed by atoms with Crippen molar-refractivity contribution in [3.63, 3.8) is 0 Å². The molecule has 0 aromatic carbocycles. The summed E-state index contributed by atoms with van der Waals surface area (Å²) < 4.78 is 1.89. The maximum Gasteiger partial charge on any atom is 0.313 e. The Kier molecular flexibility index (Phi) is 4.68. The molecular formula is C12H20N4O2S. The lowest BCUT2D eigenvalue weighted by Crippen LogP contribution is -2.21. The van der Waals surface area contributed by atoms with Crippen molar-refractivity contribution >= 4 is 23.7 Å². The normalized spacial score (nSPS) is 18.4. The van der Waals surface area contributed by atoms with E-state index in [4.69, 9.17) is 10.8 Å². The second-order valence-electron chi connectivity index (χ2n) is 5.03. The van der Waals surface area contributed by atoms with Crippen LogP contribution in [0.3, 0.4) is 0 Å². The molecule has 0 aliphatic heterocycles. The van der Waals surface area contributed by atoms with Crippen molar-refractivity contribution in [1.82, 2.24) is 14.8 Å². The molecule has 0 saturated heterocycles. The van der Waals surface area contributed by atoms with Crippen LogP contribution in [-0.2, 0) is 4.79 Å². The highest BCUT2D eigenvalue weighted by Crippen LogP contribution is 2.35. The fraction of sp³-hybridized carbons (Fsp3) is 0.750. The molecular weight excluding hydrogens is 264 g/mol. The van der Waals surface area contributed by atoms with Crippen molar-refractivity contribution in [2.24, 2.45) is 5.92 Å². The summed E-state index contributed by atoms with van der Waals surface area (Å²) in [4.78, 5) is 10.7. The van der Waals surface area contributed by atoms with Crippen molar-refractivity contribution in [2.75, 3.05) is 11.5 Å². The fourth-order valence-corrected chi connectivity index (χ4v) is 3.47. The summed E-state index contributed by atoms with van der Waals surface area (Å²) >= 11 is 1.18. The molecule has 0 radical (unpaired) electrons. The number of carbonyl (C=O) groups is 1. The second kappa shape index (κ2) is 6.27. The third-order valence-corrected chi connectivity index (χ3v) is 4.68. The number of aromatic nitrogens is 3. The van der Waals surface area contributed by atoms with Crippen LogP contribution in [0.25, 0.3) is 0 Å². The molecule has 0 bridgehead atoms. The van der Waals surface area contributed by atoms with Crippen molar-refractivity contribution in [3.05, 3.63) is 0 Å². The van der Waals surface area contributed by atoms with Crippen molar-refractivity contribution in [2.45, 2.75) is 50.2 Å². The molecule has 1 fully saturated rings. The predicted octanol–water partition coefficient (Wildman–Crippen LogP) is 2.18. The zero-order chi connectivity index (χ0) is 13.8. The summed E-state index contributed by atoms with van der Waals surface area (Å²) in [6.07, 6.45) is 6.22. The highest BCUT2D eigenvalue weighted by atomic mass is 32.2. The standard InChI is InChI=1S/C12H20N4O2S/c1-8(9-5-3-2-4-6-9)16-11(13)14-15-12(16)19-7-10(17)18/h8-9H,2-7H2,1H3,(H2,13,14)(H,17,18). The Balaban J connectivity index is 2.12. The maximum absolute atomic E-state index is 10.7. The van der Waals surface area contributed by atoms with Gasteiger partial charge >= 0.3 is 5.97 Å². The van der Waals surface area contributed by atoms with E-state index in [-0.39, 0.29) is 11.8 Å². The first kappa shape index (κ1) is 14.2. The van der Waals surface area contributed by atoms with Gasteiger partial charge in [0.1, 0.15) is 0 Å². The largest absolute Gasteiger partial charge is 0.481 e. The molecule has 7 heteroatoms. The van der Waals surface area contributed by atoms with E-state index in [1.165, 1.54) is 43.9 Å². The van der Waals surface area contributed by atoms with Crippen LogP contribution in [0.15, 0.2) is 5.16 Å². The number of hydrogen-bond donors (Lipinski definition) is 2. The number of carboxylic acids is 1. The van der Waals surface area contributed by atoms with Crippen LogP contribution >= 0.6 is 11.8 Å². The Bertz CT molecular complexity index is 443. The Morgan fingerprint density at radius 2 is 2.16 bits per heavy atom. The molecule has 1 atom stereocenters. The van der Waals surface area contributed by atoms with Crippen molar-refractivity contribution in [3.8, 4) is 0 Å². The lowest BCUT2D eigenvalue weighted by atomic mass is 9.84. The number of thioether (sulfide) groups is 1. The lowest BCUT2D eigenvalue weighted by molar-refractivity contribution is -0.133. The molecule has 1 unspecified atom stereocenters. The zero-order valence-corrected chi connectivity index (χ0v) is 11.9. The quantitative estimate of drug-likeness (QED) is 0.805. The van der Waals surface area contributed by atoms with Crippen LogP contribution in [-0.4, -0.2) is 31.6 Å². The maximum atomic E-state index is 10.7. The molecule has 1 heterocycles. The number of nitrogens with zero attached hydrogens (tertiary/aromatic N) is 3. The summed E-state index contributed by atoms with van der Waals surface area (Å²) in [5, 5.41) is 17.2. The van der Waals surface area contributed by atoms with Crippen LogP contribution in [0, 0.1) is 5.92 Å². The highest BCUT2D eigenvalue weighted by molar-refractivity contribution is 7.99. The number of rotatable bonds is 5. The molecule has 2 rings (SSSR count). The topological polar surface area (TPSA) is 94.0 Å². The van der Waals surface area contributed by atoms with Gasteiger partial charge in [-0.3, -0.25) is 9.36 Å². The lowest BCUT2D eigenvalue weighted by Gasteiger charge is -2.29. The number of anilines is 1. The van der Waals surface area contributed by atoms with Gasteiger partial charge in [-0.15, -0.1) is 10.2 Å². The molecule has 1 aliphatic carbocycles. The molecule has 1 aromatic heterocycles. The molecule has 1 aliphatic rings. The van der Waals surface area contributed by atoms with Crippen LogP contribution in [0.4, 0.5) is 5.95 Å². The van der Waals surface area contributed by atoms with Crippen molar-refractivity contribution < 1.29 is 9.90 Å². The second-order valence-corrected chi connectivity index (χ2v) is 5.97. The molecule has 106 valence electrons. The summed E-state index contributed by atoms with van der Waals surface area (Å²) in [5.41, 5.74) is 5.88. The van der Waals surface area contributed by atoms with Gasteiger partial charge in [-0.2, -0.15) is 0 Å². The number of nitrogens with two attached hydrogens (primary N) is 1. The minimum absolute atomic E-state index is 0.0183. The summed E-state index contributed by atoms with van der Waals surface area (Å²) in [6.45, 7) is 2.13. The van der Waals surface area contributed by atoms with E-state index in [0.717, 1.165) is 0 Å². The average Bonchev–Trinajstić information content (AvgIpc) is 2.78. The van der Waals surface area contributed by atoms with Gasteiger partial charge in [-0.25, -0.2) is 0 Å². The fourth-order valence-electron chi connectivity index (χ4n) is 2.72. The third kappa shape index (κ3) is 3.40. The monoisotopic (exact) mass is 284 g/mol. The highest BCUT2D eigenvalue weighted by Gasteiger charge is 2.25. The molecule has 19 heavy (non-hydrogen) atoms. The van der Waals surface area contributed by atoms with Gasteiger partial charge < -0.3 is 10.8 Å². The molecule has 0 spiro atoms. The summed E-state index contributed by atoms with van der Waals surface area (Å²) in [7, 11) is 0. The van der Waals surface area contributed by atoms with Crippen LogP contribution in [0.2, 0.25) is 0 Å². The zero-order valence-electron chi connectivity index (χ0n) is 11.1. The SMILES string of the molecule is CC(C1CCCCC1)n1c(N)nnc1SCC(=O)O. The Hall–Kier alpha value is -1.24. The minimum atomic E-state index is -0.858. The van der Waals surface area contributed by atoms with Gasteiger partial charge in [-0.1, -0.05) is 31.0 Å². The van der Waals surface area contributed by atoms with E-state index in [1.807, 2.05) is 4.57 Å². The number of carboxylic acid groups (broad SMARTS) is 1. The number of hydrogen-bond acceptors (Lipinski definition) is 5. The van der Waals surface area contributed by atoms with E-state index in [2.05, 4.69) is 17.1 Å². The van der Waals surface area contributed by atoms with Gasteiger partial charge in [0.2, 0.25) is 5.95 Å². The van der Waals surface area contributed by atoms with Crippen molar-refractivity contribution in [1.29, 1.82) is 0 Å². The first-order valence-corrected chi connectivity index (χ1v) is 7.63. The van der Waals surface area contributed by atoms with E-state index >= 15 is 0 Å². The van der Waals surface area contributed by atoms with Crippen LogP contribution in [0.5, 0.6) is 0 Å². The number of aliphatic carboxylic acids is 1. The van der Waals surface area contributed by atoms with E-state index in [0.29, 0.717) is 17.0 Å². The van der Waals surface area contributed by atoms with E-state index in [9.17, 15) is 4.79 Å². The Labute approximate surface area is 116 Å². The summed E-state index contributed by atoms with van der Waals surface area (Å²) in [6, 6.07) is 0.228. The molecule has 1 aromatic rings. The van der Waals surface area contributed by atoms with Gasteiger partial charge in [0, 0.05) is 6.04 Å². The molecule has 1 saturated carbocycles. The summed E-state index contributed by atoms with van der Waals surface area (Å²) in [5.74, 6) is 0.0841. The minimum Gasteiger partial charge on any atom is -0.481 e. The van der Waals surface area contributed by atoms with Crippen LogP contribution < -0.4 is 5.73 Å². The van der Waals surface area contributed by atoms with Crippen LogP contribution in [0.1, 0.15) is 45.1 Å². The van der Waals surface area contributed by atoms with Gasteiger partial charge in [0.15, 0.2) is 5.16 Å². The average molecular weight is 284 g/mol. The Morgan fingerprint density at radius 3 is 2.79 bits per heavy atom.